The van der Waals surface area contributed by atoms with Gasteiger partial charge in [0.25, 0.3) is 0 Å². The van der Waals surface area contributed by atoms with Crippen LogP contribution in [-0.4, -0.2) is 24.2 Å². The first-order valence-corrected chi connectivity index (χ1v) is 2.92. The molecule has 0 bridgehead atoms. The predicted octanol–water partition coefficient (Wildman–Crippen LogP) is 0.356. The summed E-state index contributed by atoms with van der Waals surface area (Å²) in [5, 5.41) is -1.15. The third kappa shape index (κ3) is 3.08. The average Bonchev–Trinajstić information content (AvgIpc) is 1.87. The summed E-state index contributed by atoms with van der Waals surface area (Å²) in [5.74, 6) is -0.686. The van der Waals surface area contributed by atoms with Gasteiger partial charge < -0.3 is 9.53 Å². The van der Waals surface area contributed by atoms with Gasteiger partial charge in [0, 0.05) is 0 Å². The summed E-state index contributed by atoms with van der Waals surface area (Å²) in [6.45, 7) is 1.89. The summed E-state index contributed by atoms with van der Waals surface area (Å²) in [4.78, 5) is 20.2. The minimum atomic E-state index is -1.15. The fourth-order valence-corrected chi connectivity index (χ4v) is 0.340. The number of alkyl halides is 1. The topological polar surface area (TPSA) is 43.4 Å². The molecule has 0 aromatic carbocycles. The Labute approximate surface area is 57.9 Å². The van der Waals surface area contributed by atoms with Crippen LogP contribution in [0.25, 0.3) is 0 Å². The molecule has 0 N–H and O–H groups in total. The van der Waals surface area contributed by atoms with E-state index in [0.717, 1.165) is 0 Å². The normalized spacial score (nSPS) is 12.2. The number of hydrogen-bond acceptors (Lipinski definition) is 3. The quantitative estimate of drug-likeness (QED) is 0.253. The van der Waals surface area contributed by atoms with Crippen LogP contribution in [-0.2, 0) is 14.3 Å². The molecule has 9 heavy (non-hydrogen) atoms. The number of carbonyl (C=O) groups excluding carboxylic acids is 2. The van der Waals surface area contributed by atoms with Crippen molar-refractivity contribution in [1.29, 1.82) is 0 Å². The molecule has 0 rings (SSSR count). The van der Waals surface area contributed by atoms with Crippen LogP contribution in [0.1, 0.15) is 6.92 Å². The molecule has 0 aromatic rings. The lowest BCUT2D eigenvalue weighted by atomic mass is 10.5. The van der Waals surface area contributed by atoms with E-state index in [9.17, 15) is 9.59 Å². The van der Waals surface area contributed by atoms with Gasteiger partial charge in [0.1, 0.15) is 6.29 Å². The minimum Gasteiger partial charge on any atom is -0.465 e. The first-order chi connectivity index (χ1) is 4.22. The van der Waals surface area contributed by atoms with Crippen molar-refractivity contribution < 1.29 is 14.3 Å². The van der Waals surface area contributed by atoms with E-state index in [1.807, 2.05) is 0 Å². The van der Waals surface area contributed by atoms with Crippen LogP contribution in [0.3, 0.4) is 0 Å². The lowest BCUT2D eigenvalue weighted by Crippen LogP contribution is -2.18. The fourth-order valence-electron chi connectivity index (χ4n) is 0.277. The third-order valence-electron chi connectivity index (χ3n) is 0.631. The van der Waals surface area contributed by atoms with Crippen molar-refractivity contribution >= 4 is 23.9 Å². The third-order valence-corrected chi connectivity index (χ3v) is 0.912. The van der Waals surface area contributed by atoms with Crippen LogP contribution >= 0.6 is 11.6 Å². The van der Waals surface area contributed by atoms with E-state index >= 15 is 0 Å². The number of ether oxygens (including phenoxy) is 1. The van der Waals surface area contributed by atoms with Gasteiger partial charge in [0.05, 0.1) is 6.61 Å². The Bertz CT molecular complexity index is 113. The summed E-state index contributed by atoms with van der Waals surface area (Å²) in [6.07, 6.45) is 0.333. The van der Waals surface area contributed by atoms with Gasteiger partial charge in [-0.15, -0.1) is 11.6 Å². The van der Waals surface area contributed by atoms with Crippen LogP contribution in [0.15, 0.2) is 0 Å². The van der Waals surface area contributed by atoms with E-state index in [2.05, 4.69) is 4.74 Å². The second-order valence-corrected chi connectivity index (χ2v) is 1.76. The van der Waals surface area contributed by atoms with Crippen molar-refractivity contribution in [1.82, 2.24) is 0 Å². The molecule has 0 unspecified atom stereocenters. The first kappa shape index (κ1) is 8.43. The molecule has 4 heteroatoms. The predicted molar refractivity (Wildman–Crippen MR) is 32.3 cm³/mol. The van der Waals surface area contributed by atoms with Crippen LogP contribution in [0.4, 0.5) is 0 Å². The highest BCUT2D eigenvalue weighted by atomic mass is 35.5. The van der Waals surface area contributed by atoms with Crippen molar-refractivity contribution in [3.8, 4) is 0 Å². The molecule has 0 saturated heterocycles. The van der Waals surface area contributed by atoms with E-state index in [4.69, 9.17) is 11.6 Å². The second kappa shape index (κ2) is 4.32. The van der Waals surface area contributed by atoms with Crippen LogP contribution in [0, 0.1) is 0 Å². The minimum absolute atomic E-state index is 0.246. The van der Waals surface area contributed by atoms with Gasteiger partial charge in [0.2, 0.25) is 0 Å². The van der Waals surface area contributed by atoms with Gasteiger partial charge in [-0.1, -0.05) is 0 Å². The summed E-state index contributed by atoms with van der Waals surface area (Å²) >= 11 is 5.15. The molecule has 0 saturated carbocycles. The Morgan fingerprint density at radius 2 is 2.44 bits per heavy atom. The Morgan fingerprint density at radius 1 is 1.89 bits per heavy atom. The average molecular weight is 151 g/mol. The zero-order chi connectivity index (χ0) is 7.28. The number of carbonyl (C=O) groups is 2. The maximum absolute atomic E-state index is 10.4. The van der Waals surface area contributed by atoms with Gasteiger partial charge in [-0.05, 0) is 6.92 Å². The van der Waals surface area contributed by atoms with Gasteiger partial charge in [-0.3, -0.25) is 0 Å². The zero-order valence-corrected chi connectivity index (χ0v) is 5.72. The summed E-state index contributed by atoms with van der Waals surface area (Å²) < 4.78 is 4.39. The molecule has 0 fully saturated rings. The first-order valence-electron chi connectivity index (χ1n) is 2.48. The van der Waals surface area contributed by atoms with Gasteiger partial charge in [0.15, 0.2) is 5.38 Å². The molecule has 0 aliphatic heterocycles. The Balaban J connectivity index is 3.58. The molecule has 3 nitrogen and oxygen atoms in total. The SMILES string of the molecule is CCOC(=O)[C@@H](Cl)C=O. The molecule has 0 amide bonds. The fraction of sp³-hybridized carbons (Fsp3) is 0.600. The number of aldehydes is 1. The van der Waals surface area contributed by atoms with Gasteiger partial charge in [-0.25, -0.2) is 4.79 Å². The van der Waals surface area contributed by atoms with Crippen LogP contribution in [0.2, 0.25) is 0 Å². The van der Waals surface area contributed by atoms with E-state index in [1.54, 1.807) is 6.92 Å². The Hall–Kier alpha value is -0.570. The van der Waals surface area contributed by atoms with Crippen molar-refractivity contribution in [3.05, 3.63) is 0 Å². The number of halogens is 1. The van der Waals surface area contributed by atoms with E-state index in [0.29, 0.717) is 6.29 Å². The molecular formula is C5H7ClO3. The van der Waals surface area contributed by atoms with E-state index < -0.39 is 11.3 Å². The van der Waals surface area contributed by atoms with Crippen molar-refractivity contribution in [3.63, 3.8) is 0 Å². The molecular weight excluding hydrogens is 144 g/mol. The molecule has 0 spiro atoms. The maximum atomic E-state index is 10.4. The molecule has 0 radical (unpaired) electrons. The smallest absolute Gasteiger partial charge is 0.331 e. The zero-order valence-electron chi connectivity index (χ0n) is 4.96. The molecule has 0 heterocycles. The van der Waals surface area contributed by atoms with Gasteiger partial charge >= 0.3 is 5.97 Å². The maximum Gasteiger partial charge on any atom is 0.331 e. The standard InChI is InChI=1S/C5H7ClO3/c1-2-9-5(8)4(6)3-7/h3-4H,2H2,1H3/t4-/m0/s1. The highest BCUT2D eigenvalue weighted by Crippen LogP contribution is 1.93. The molecule has 52 valence electrons. The largest absolute Gasteiger partial charge is 0.465 e. The van der Waals surface area contributed by atoms with Crippen LogP contribution < -0.4 is 0 Å². The Kier molecular flexibility index (Phi) is 4.05. The molecule has 0 aliphatic carbocycles. The van der Waals surface area contributed by atoms with Gasteiger partial charge in [-0.2, -0.15) is 0 Å². The summed E-state index contributed by atoms with van der Waals surface area (Å²) in [5.41, 5.74) is 0. The highest BCUT2D eigenvalue weighted by molar-refractivity contribution is 6.37. The lowest BCUT2D eigenvalue weighted by molar-refractivity contribution is -0.143. The van der Waals surface area contributed by atoms with Crippen molar-refractivity contribution in [2.45, 2.75) is 12.3 Å². The van der Waals surface area contributed by atoms with Crippen molar-refractivity contribution in [2.24, 2.45) is 0 Å². The number of esters is 1. The molecule has 1 atom stereocenters. The number of rotatable bonds is 3. The highest BCUT2D eigenvalue weighted by Gasteiger charge is 2.13. The monoisotopic (exact) mass is 150 g/mol. The molecule has 0 aromatic heterocycles. The summed E-state index contributed by atoms with van der Waals surface area (Å²) in [6, 6.07) is 0. The van der Waals surface area contributed by atoms with E-state index in [-0.39, 0.29) is 6.61 Å². The van der Waals surface area contributed by atoms with E-state index in [1.165, 1.54) is 0 Å². The van der Waals surface area contributed by atoms with Crippen LogP contribution in [0.5, 0.6) is 0 Å². The lowest BCUT2D eigenvalue weighted by Gasteiger charge is -1.99. The molecule has 0 aliphatic rings. The van der Waals surface area contributed by atoms with Crippen molar-refractivity contribution in [2.75, 3.05) is 6.61 Å². The second-order valence-electron chi connectivity index (χ2n) is 1.29. The number of hydrogen-bond donors (Lipinski definition) is 0. The summed E-state index contributed by atoms with van der Waals surface area (Å²) in [7, 11) is 0. The Morgan fingerprint density at radius 3 is 2.78 bits per heavy atom.